The SMILES string of the molecule is Cc1cccn2c(=O)c(/C=C3\SC(=S)N(C[C@H]4CCCO4)C3=O)c(Sc3ccccc3)nc12. The van der Waals surface area contributed by atoms with Gasteiger partial charge in [-0.1, -0.05) is 60.0 Å². The summed E-state index contributed by atoms with van der Waals surface area (Å²) in [7, 11) is 0. The van der Waals surface area contributed by atoms with Gasteiger partial charge in [-0.05, 0) is 49.6 Å². The Bertz CT molecular complexity index is 1330. The molecule has 0 N–H and O–H groups in total. The van der Waals surface area contributed by atoms with Gasteiger partial charge in [-0.3, -0.25) is 18.9 Å². The zero-order chi connectivity index (χ0) is 22.9. The van der Waals surface area contributed by atoms with Crippen LogP contribution in [0, 0.1) is 6.92 Å². The number of ether oxygens (including phenoxy) is 1. The lowest BCUT2D eigenvalue weighted by atomic mass is 10.2. The Morgan fingerprint density at radius 2 is 2.06 bits per heavy atom. The Morgan fingerprint density at radius 1 is 1.24 bits per heavy atom. The number of carbonyl (C=O) groups excluding carboxylic acids is 1. The van der Waals surface area contributed by atoms with Crippen molar-refractivity contribution in [3.8, 4) is 0 Å². The first kappa shape index (κ1) is 22.3. The molecule has 0 unspecified atom stereocenters. The fraction of sp³-hybridized carbons (Fsp3) is 0.250. The predicted molar refractivity (Wildman–Crippen MR) is 136 cm³/mol. The van der Waals surface area contributed by atoms with Crippen molar-refractivity contribution >= 4 is 57.7 Å². The molecule has 0 spiro atoms. The number of aromatic nitrogens is 2. The maximum Gasteiger partial charge on any atom is 0.266 e. The number of hydrogen-bond acceptors (Lipinski definition) is 7. The molecule has 5 rings (SSSR count). The van der Waals surface area contributed by atoms with E-state index in [9.17, 15) is 9.59 Å². The van der Waals surface area contributed by atoms with Gasteiger partial charge in [0.05, 0.1) is 23.1 Å². The van der Waals surface area contributed by atoms with Gasteiger partial charge in [-0.15, -0.1) is 0 Å². The lowest BCUT2D eigenvalue weighted by molar-refractivity contribution is -0.123. The summed E-state index contributed by atoms with van der Waals surface area (Å²) in [6.45, 7) is 3.09. The molecule has 2 aromatic heterocycles. The number of thioether (sulfide) groups is 1. The molecule has 9 heteroatoms. The van der Waals surface area contributed by atoms with E-state index in [0.29, 0.717) is 38.6 Å². The van der Waals surface area contributed by atoms with Crippen LogP contribution in [0.25, 0.3) is 11.7 Å². The van der Waals surface area contributed by atoms with E-state index in [-0.39, 0.29) is 17.6 Å². The summed E-state index contributed by atoms with van der Waals surface area (Å²) >= 11 is 8.11. The van der Waals surface area contributed by atoms with Crippen LogP contribution in [0.3, 0.4) is 0 Å². The topological polar surface area (TPSA) is 63.9 Å². The molecule has 2 aliphatic heterocycles. The number of pyridine rings is 1. The third kappa shape index (κ3) is 4.50. The van der Waals surface area contributed by atoms with Gasteiger partial charge >= 0.3 is 0 Å². The Kier molecular flexibility index (Phi) is 6.38. The molecule has 3 aromatic rings. The summed E-state index contributed by atoms with van der Waals surface area (Å²) < 4.78 is 7.70. The molecule has 2 saturated heterocycles. The third-order valence-electron chi connectivity index (χ3n) is 5.57. The Labute approximate surface area is 205 Å². The largest absolute Gasteiger partial charge is 0.376 e. The summed E-state index contributed by atoms with van der Waals surface area (Å²) in [5, 5.41) is 0.560. The van der Waals surface area contributed by atoms with Gasteiger partial charge in [0.25, 0.3) is 11.5 Å². The van der Waals surface area contributed by atoms with Crippen molar-refractivity contribution in [1.29, 1.82) is 0 Å². The first-order valence-electron chi connectivity index (χ1n) is 10.6. The van der Waals surface area contributed by atoms with Crippen LogP contribution in [0.2, 0.25) is 0 Å². The number of carbonyl (C=O) groups is 1. The number of aryl methyl sites for hydroxylation is 1. The number of rotatable bonds is 5. The quantitative estimate of drug-likeness (QED) is 0.293. The zero-order valence-corrected chi connectivity index (χ0v) is 20.3. The minimum Gasteiger partial charge on any atom is -0.376 e. The molecular weight excluding hydrogens is 474 g/mol. The first-order chi connectivity index (χ1) is 16.0. The van der Waals surface area contributed by atoms with Gasteiger partial charge in [0.1, 0.15) is 15.0 Å². The highest BCUT2D eigenvalue weighted by molar-refractivity contribution is 8.26. The fourth-order valence-electron chi connectivity index (χ4n) is 3.87. The normalized spacial score (nSPS) is 19.8. The summed E-state index contributed by atoms with van der Waals surface area (Å²) in [6.07, 6.45) is 5.27. The third-order valence-corrected chi connectivity index (χ3v) is 7.96. The van der Waals surface area contributed by atoms with Crippen molar-refractivity contribution in [2.75, 3.05) is 13.2 Å². The standard InChI is InChI=1S/C24H21N3O3S3/c1-15-7-5-11-26-20(15)25-21(32-17-9-3-2-4-10-17)18(22(26)28)13-19-23(29)27(24(31)33-19)14-16-8-6-12-30-16/h2-5,7,9-11,13,16H,6,8,12,14H2,1H3/b19-13-/t16-/m1/s1. The number of fused-ring (bicyclic) bond motifs is 1. The Balaban J connectivity index is 1.58. The van der Waals surface area contributed by atoms with Gasteiger partial charge in [0, 0.05) is 17.7 Å². The zero-order valence-electron chi connectivity index (χ0n) is 17.9. The maximum absolute atomic E-state index is 13.5. The summed E-state index contributed by atoms with van der Waals surface area (Å²) in [4.78, 5) is 34.5. The molecule has 0 bridgehead atoms. The lowest BCUT2D eigenvalue weighted by Gasteiger charge is -2.18. The van der Waals surface area contributed by atoms with Crippen LogP contribution < -0.4 is 5.56 Å². The summed E-state index contributed by atoms with van der Waals surface area (Å²) in [5.41, 5.74) is 1.67. The van der Waals surface area contributed by atoms with E-state index in [2.05, 4.69) is 0 Å². The molecule has 168 valence electrons. The highest BCUT2D eigenvalue weighted by atomic mass is 32.2. The Hall–Kier alpha value is -2.46. The average Bonchev–Trinajstić information content (AvgIpc) is 3.42. The number of hydrogen-bond donors (Lipinski definition) is 0. The fourth-order valence-corrected chi connectivity index (χ4v) is 6.04. The van der Waals surface area contributed by atoms with E-state index in [4.69, 9.17) is 21.9 Å². The number of thiocarbonyl (C=S) groups is 1. The minimum atomic E-state index is -0.216. The van der Waals surface area contributed by atoms with E-state index < -0.39 is 0 Å². The van der Waals surface area contributed by atoms with Crippen LogP contribution >= 0.6 is 35.7 Å². The summed E-state index contributed by atoms with van der Waals surface area (Å²) in [6, 6.07) is 13.5. The van der Waals surface area contributed by atoms with Crippen LogP contribution in [-0.2, 0) is 9.53 Å². The molecule has 0 saturated carbocycles. The van der Waals surface area contributed by atoms with Crippen LogP contribution in [0.5, 0.6) is 0 Å². The molecule has 6 nitrogen and oxygen atoms in total. The monoisotopic (exact) mass is 495 g/mol. The van der Waals surface area contributed by atoms with Crippen molar-refractivity contribution in [2.24, 2.45) is 0 Å². The van der Waals surface area contributed by atoms with E-state index >= 15 is 0 Å². The van der Waals surface area contributed by atoms with Crippen LogP contribution in [-0.4, -0.2) is 43.8 Å². The van der Waals surface area contributed by atoms with Crippen LogP contribution in [0.4, 0.5) is 0 Å². The molecule has 0 radical (unpaired) electrons. The van der Waals surface area contributed by atoms with Crippen molar-refractivity contribution < 1.29 is 9.53 Å². The highest BCUT2D eigenvalue weighted by Gasteiger charge is 2.35. The van der Waals surface area contributed by atoms with Gasteiger partial charge in [0.15, 0.2) is 0 Å². The number of benzene rings is 1. The molecule has 1 amide bonds. The second kappa shape index (κ2) is 9.42. The van der Waals surface area contributed by atoms with Crippen molar-refractivity contribution in [1.82, 2.24) is 14.3 Å². The van der Waals surface area contributed by atoms with Gasteiger partial charge in [-0.2, -0.15) is 0 Å². The molecule has 0 aliphatic carbocycles. The Morgan fingerprint density at radius 3 is 2.82 bits per heavy atom. The van der Waals surface area contributed by atoms with Crippen molar-refractivity contribution in [3.63, 3.8) is 0 Å². The molecular formula is C24H21N3O3S3. The van der Waals surface area contributed by atoms with E-state index in [0.717, 1.165) is 23.3 Å². The second-order valence-corrected chi connectivity index (χ2v) is 10.6. The van der Waals surface area contributed by atoms with E-state index in [1.807, 2.05) is 49.4 Å². The average molecular weight is 496 g/mol. The van der Waals surface area contributed by atoms with Crippen molar-refractivity contribution in [3.05, 3.63) is 75.0 Å². The molecule has 2 fully saturated rings. The molecule has 2 aliphatic rings. The minimum absolute atomic E-state index is 0.00647. The molecule has 4 heterocycles. The highest BCUT2D eigenvalue weighted by Crippen LogP contribution is 2.35. The number of amides is 1. The van der Waals surface area contributed by atoms with E-state index in [1.54, 1.807) is 17.2 Å². The van der Waals surface area contributed by atoms with E-state index in [1.165, 1.54) is 27.9 Å². The molecule has 33 heavy (non-hydrogen) atoms. The van der Waals surface area contributed by atoms with Crippen LogP contribution in [0.15, 0.2) is 68.3 Å². The van der Waals surface area contributed by atoms with Crippen molar-refractivity contribution in [2.45, 2.75) is 35.8 Å². The lowest BCUT2D eigenvalue weighted by Crippen LogP contribution is -2.35. The smallest absolute Gasteiger partial charge is 0.266 e. The van der Waals surface area contributed by atoms with Gasteiger partial charge in [-0.25, -0.2) is 4.98 Å². The second-order valence-electron chi connectivity index (χ2n) is 7.86. The molecule has 1 atom stereocenters. The summed E-state index contributed by atoms with van der Waals surface area (Å²) in [5.74, 6) is -0.190. The maximum atomic E-state index is 13.5. The van der Waals surface area contributed by atoms with Gasteiger partial charge < -0.3 is 4.74 Å². The first-order valence-corrected chi connectivity index (χ1v) is 12.7. The molecule has 1 aromatic carbocycles. The predicted octanol–water partition coefficient (Wildman–Crippen LogP) is 4.53. The van der Waals surface area contributed by atoms with Gasteiger partial charge in [0.2, 0.25) is 0 Å². The number of nitrogens with zero attached hydrogens (tertiary/aromatic N) is 3. The van der Waals surface area contributed by atoms with Crippen LogP contribution in [0.1, 0.15) is 24.0 Å².